The van der Waals surface area contributed by atoms with Gasteiger partial charge < -0.3 is 10.2 Å². The molecule has 1 N–H and O–H groups in total. The SMILES string of the molecule is CCN(CC)S(=O)(=O)c1ccc(C(=O)Nc2ccc(N(C)C)cc2C(F)(F)F)cc1. The van der Waals surface area contributed by atoms with Crippen molar-refractivity contribution in [3.63, 3.8) is 0 Å². The van der Waals surface area contributed by atoms with E-state index in [-0.39, 0.29) is 16.1 Å². The summed E-state index contributed by atoms with van der Waals surface area (Å²) in [5, 5.41) is 2.27. The van der Waals surface area contributed by atoms with E-state index < -0.39 is 27.7 Å². The summed E-state index contributed by atoms with van der Waals surface area (Å²) in [6.07, 6.45) is -4.66. The molecule has 0 aromatic heterocycles. The third-order valence-corrected chi connectivity index (χ3v) is 6.60. The maximum Gasteiger partial charge on any atom is 0.418 e. The lowest BCUT2D eigenvalue weighted by atomic mass is 10.1. The molecule has 0 saturated heterocycles. The number of halogens is 3. The number of hydrogen-bond donors (Lipinski definition) is 1. The smallest absolute Gasteiger partial charge is 0.378 e. The predicted molar refractivity (Wildman–Crippen MR) is 110 cm³/mol. The lowest BCUT2D eigenvalue weighted by Gasteiger charge is -2.19. The number of sulfonamides is 1. The highest BCUT2D eigenvalue weighted by molar-refractivity contribution is 7.89. The van der Waals surface area contributed by atoms with Crippen molar-refractivity contribution in [3.8, 4) is 0 Å². The molecule has 0 saturated carbocycles. The molecule has 0 radical (unpaired) electrons. The topological polar surface area (TPSA) is 69.7 Å². The number of nitrogens with one attached hydrogen (secondary N) is 1. The van der Waals surface area contributed by atoms with Gasteiger partial charge in [0.05, 0.1) is 16.1 Å². The van der Waals surface area contributed by atoms with Crippen molar-refractivity contribution >= 4 is 27.3 Å². The van der Waals surface area contributed by atoms with Gasteiger partial charge in [-0.1, -0.05) is 13.8 Å². The van der Waals surface area contributed by atoms with Gasteiger partial charge in [-0.15, -0.1) is 0 Å². The summed E-state index contributed by atoms with van der Waals surface area (Å²) < 4.78 is 66.6. The van der Waals surface area contributed by atoms with Gasteiger partial charge in [0.15, 0.2) is 0 Å². The summed E-state index contributed by atoms with van der Waals surface area (Å²) in [6, 6.07) is 8.68. The fourth-order valence-corrected chi connectivity index (χ4v) is 4.30. The van der Waals surface area contributed by atoms with Gasteiger partial charge in [0.1, 0.15) is 0 Å². The highest BCUT2D eigenvalue weighted by Crippen LogP contribution is 2.37. The van der Waals surface area contributed by atoms with Crippen molar-refractivity contribution in [1.29, 1.82) is 0 Å². The van der Waals surface area contributed by atoms with Crippen molar-refractivity contribution in [1.82, 2.24) is 4.31 Å². The highest BCUT2D eigenvalue weighted by atomic mass is 32.2. The molecule has 1 amide bonds. The largest absolute Gasteiger partial charge is 0.418 e. The fraction of sp³-hybridized carbons (Fsp3) is 0.350. The minimum atomic E-state index is -4.66. The van der Waals surface area contributed by atoms with Crippen molar-refractivity contribution in [2.24, 2.45) is 0 Å². The van der Waals surface area contributed by atoms with Gasteiger partial charge in [-0.3, -0.25) is 4.79 Å². The number of carbonyl (C=O) groups is 1. The normalized spacial score (nSPS) is 12.1. The number of alkyl halides is 3. The van der Waals surface area contributed by atoms with Crippen LogP contribution in [0, 0.1) is 0 Å². The van der Waals surface area contributed by atoms with Gasteiger partial charge in [-0.25, -0.2) is 8.42 Å². The summed E-state index contributed by atoms with van der Waals surface area (Å²) >= 11 is 0. The first-order valence-corrected chi connectivity index (χ1v) is 10.7. The Morgan fingerprint density at radius 3 is 2.03 bits per heavy atom. The summed E-state index contributed by atoms with van der Waals surface area (Å²) in [5.74, 6) is -0.773. The molecule has 0 bridgehead atoms. The van der Waals surface area contributed by atoms with E-state index in [0.29, 0.717) is 18.8 Å². The van der Waals surface area contributed by atoms with Crippen LogP contribution in [0.4, 0.5) is 24.5 Å². The van der Waals surface area contributed by atoms with Crippen LogP contribution < -0.4 is 10.2 Å². The summed E-state index contributed by atoms with van der Waals surface area (Å²) in [4.78, 5) is 14.0. The average Bonchev–Trinajstić information content (AvgIpc) is 2.68. The van der Waals surface area contributed by atoms with E-state index in [0.717, 1.165) is 6.07 Å². The molecular formula is C20H24F3N3O3S. The second-order valence-electron chi connectivity index (χ2n) is 6.69. The number of nitrogens with zero attached hydrogens (tertiary/aromatic N) is 2. The summed E-state index contributed by atoms with van der Waals surface area (Å²) in [7, 11) is -0.468. The van der Waals surface area contributed by atoms with Crippen LogP contribution in [0.1, 0.15) is 29.8 Å². The van der Waals surface area contributed by atoms with Crippen LogP contribution in [0.3, 0.4) is 0 Å². The number of benzene rings is 2. The van der Waals surface area contributed by atoms with Gasteiger partial charge >= 0.3 is 6.18 Å². The van der Waals surface area contributed by atoms with Crippen LogP contribution >= 0.6 is 0 Å². The van der Waals surface area contributed by atoms with E-state index in [9.17, 15) is 26.4 Å². The number of rotatable bonds is 7. The monoisotopic (exact) mass is 443 g/mol. The van der Waals surface area contributed by atoms with Crippen LogP contribution in [-0.2, 0) is 16.2 Å². The Balaban J connectivity index is 2.31. The Kier molecular flexibility index (Phi) is 7.14. The third-order valence-electron chi connectivity index (χ3n) is 4.53. The van der Waals surface area contributed by atoms with Crippen molar-refractivity contribution in [3.05, 3.63) is 53.6 Å². The zero-order valence-electron chi connectivity index (χ0n) is 17.1. The zero-order chi connectivity index (χ0) is 22.7. The number of hydrogen-bond acceptors (Lipinski definition) is 4. The van der Waals surface area contributed by atoms with E-state index in [1.54, 1.807) is 27.9 Å². The molecule has 0 atom stereocenters. The number of carbonyl (C=O) groups excluding carboxylic acids is 1. The standard InChI is InChI=1S/C20H24F3N3O3S/c1-5-26(6-2)30(28,29)16-10-7-14(8-11-16)19(27)24-18-12-9-15(25(3)4)13-17(18)20(21,22)23/h7-13H,5-6H2,1-4H3,(H,24,27). The maximum absolute atomic E-state index is 13.4. The highest BCUT2D eigenvalue weighted by Gasteiger charge is 2.34. The van der Waals surface area contributed by atoms with Crippen LogP contribution in [-0.4, -0.2) is 45.8 Å². The molecule has 2 aromatic rings. The van der Waals surface area contributed by atoms with Crippen LogP contribution in [0.5, 0.6) is 0 Å². The first-order chi connectivity index (χ1) is 13.9. The van der Waals surface area contributed by atoms with Gasteiger partial charge in [-0.05, 0) is 42.5 Å². The Morgan fingerprint density at radius 2 is 1.57 bits per heavy atom. The quantitative estimate of drug-likeness (QED) is 0.701. The minimum Gasteiger partial charge on any atom is -0.378 e. The molecule has 2 rings (SSSR count). The number of amides is 1. The lowest BCUT2D eigenvalue weighted by molar-refractivity contribution is -0.136. The Labute approximate surface area is 174 Å². The second kappa shape index (κ2) is 9.05. The van der Waals surface area contributed by atoms with Crippen LogP contribution in [0.2, 0.25) is 0 Å². The van der Waals surface area contributed by atoms with Gasteiger partial charge in [0.25, 0.3) is 5.91 Å². The molecule has 0 aliphatic heterocycles. The fourth-order valence-electron chi connectivity index (χ4n) is 2.84. The molecular weight excluding hydrogens is 419 g/mol. The van der Waals surface area contributed by atoms with Crippen LogP contribution in [0.25, 0.3) is 0 Å². The summed E-state index contributed by atoms with van der Waals surface area (Å²) in [5.41, 5.74) is -0.967. The van der Waals surface area contributed by atoms with Crippen molar-refractivity contribution in [2.75, 3.05) is 37.4 Å². The molecule has 0 heterocycles. The first kappa shape index (κ1) is 23.7. The summed E-state index contributed by atoms with van der Waals surface area (Å²) in [6.45, 7) is 4.01. The zero-order valence-corrected chi connectivity index (χ0v) is 17.9. The average molecular weight is 443 g/mol. The predicted octanol–water partition coefficient (Wildman–Crippen LogP) is 4.05. The van der Waals surface area contributed by atoms with Gasteiger partial charge in [0.2, 0.25) is 10.0 Å². The van der Waals surface area contributed by atoms with E-state index in [2.05, 4.69) is 5.32 Å². The molecule has 0 unspecified atom stereocenters. The Morgan fingerprint density at radius 1 is 1.00 bits per heavy atom. The Hall–Kier alpha value is -2.59. The first-order valence-electron chi connectivity index (χ1n) is 9.22. The van der Waals surface area contributed by atoms with E-state index >= 15 is 0 Å². The van der Waals surface area contributed by atoms with E-state index in [1.165, 1.54) is 45.6 Å². The Bertz CT molecular complexity index is 1000. The van der Waals surface area contributed by atoms with Gasteiger partial charge in [0, 0.05) is 38.4 Å². The second-order valence-corrected chi connectivity index (χ2v) is 8.63. The van der Waals surface area contributed by atoms with Crippen molar-refractivity contribution < 1.29 is 26.4 Å². The molecule has 30 heavy (non-hydrogen) atoms. The molecule has 0 aliphatic rings. The van der Waals surface area contributed by atoms with E-state index in [4.69, 9.17) is 0 Å². The third kappa shape index (κ3) is 5.11. The van der Waals surface area contributed by atoms with Gasteiger partial charge in [-0.2, -0.15) is 17.5 Å². The maximum atomic E-state index is 13.4. The van der Waals surface area contributed by atoms with Crippen LogP contribution in [0.15, 0.2) is 47.4 Å². The van der Waals surface area contributed by atoms with E-state index in [1.807, 2.05) is 0 Å². The minimum absolute atomic E-state index is 0.00839. The molecule has 0 spiro atoms. The molecule has 164 valence electrons. The molecule has 0 fully saturated rings. The molecule has 10 heteroatoms. The van der Waals surface area contributed by atoms with Crippen molar-refractivity contribution in [2.45, 2.75) is 24.9 Å². The lowest BCUT2D eigenvalue weighted by Crippen LogP contribution is -2.30. The molecule has 0 aliphatic carbocycles. The molecule has 2 aromatic carbocycles. The molecule has 6 nitrogen and oxygen atoms in total. The number of anilines is 2.